The van der Waals surface area contributed by atoms with Crippen molar-refractivity contribution in [1.29, 1.82) is 0 Å². The summed E-state index contributed by atoms with van der Waals surface area (Å²) in [6, 6.07) is 8.84. The van der Waals surface area contributed by atoms with E-state index in [1.165, 1.54) is 0 Å². The molecule has 1 saturated heterocycles. The van der Waals surface area contributed by atoms with Crippen LogP contribution in [0.4, 0.5) is 4.79 Å². The Bertz CT molecular complexity index is 557. The summed E-state index contributed by atoms with van der Waals surface area (Å²) in [5, 5.41) is 2.52. The fourth-order valence-corrected chi connectivity index (χ4v) is 1.91. The Morgan fingerprint density at radius 3 is 2.62 bits per heavy atom. The van der Waals surface area contributed by atoms with Crippen LogP contribution in [0.3, 0.4) is 0 Å². The summed E-state index contributed by atoms with van der Waals surface area (Å²) < 4.78 is 10.3. The van der Waals surface area contributed by atoms with E-state index < -0.39 is 23.7 Å². The van der Waals surface area contributed by atoms with E-state index in [1.54, 1.807) is 26.8 Å². The maximum atomic E-state index is 11.7. The van der Waals surface area contributed by atoms with Crippen LogP contribution in [0.5, 0.6) is 0 Å². The van der Waals surface area contributed by atoms with E-state index in [0.717, 1.165) is 5.56 Å². The molecule has 1 atom stereocenters. The molecule has 5 heteroatoms. The highest BCUT2D eigenvalue weighted by molar-refractivity contribution is 5.85. The van der Waals surface area contributed by atoms with Crippen molar-refractivity contribution in [2.75, 3.05) is 0 Å². The highest BCUT2D eigenvalue weighted by Crippen LogP contribution is 2.21. The molecule has 21 heavy (non-hydrogen) atoms. The number of amides is 1. The van der Waals surface area contributed by atoms with E-state index in [1.807, 2.05) is 30.3 Å². The number of nitrogens with one attached hydrogen (secondary N) is 1. The van der Waals surface area contributed by atoms with Gasteiger partial charge in [0.15, 0.2) is 0 Å². The molecule has 1 unspecified atom stereocenters. The van der Waals surface area contributed by atoms with E-state index in [4.69, 9.17) is 9.47 Å². The van der Waals surface area contributed by atoms with E-state index >= 15 is 0 Å². The Morgan fingerprint density at radius 2 is 2.00 bits per heavy atom. The van der Waals surface area contributed by atoms with Gasteiger partial charge in [-0.2, -0.15) is 0 Å². The van der Waals surface area contributed by atoms with E-state index in [0.29, 0.717) is 12.2 Å². The second kappa shape index (κ2) is 5.99. The quantitative estimate of drug-likeness (QED) is 0.850. The second-order valence-electron chi connectivity index (χ2n) is 5.85. The van der Waals surface area contributed by atoms with Gasteiger partial charge < -0.3 is 14.8 Å². The standard InChI is InChI=1S/C16H19NO4/c1-16(2,3)21-15(19)17-13-10-12(20-14(13)18)9-11-7-5-4-6-8-11/h4-9,13H,10H2,1-3H3,(H,17,19)/b12-9-. The summed E-state index contributed by atoms with van der Waals surface area (Å²) >= 11 is 0. The summed E-state index contributed by atoms with van der Waals surface area (Å²) in [5.41, 5.74) is 0.341. The average molecular weight is 289 g/mol. The van der Waals surface area contributed by atoms with Gasteiger partial charge >= 0.3 is 12.1 Å². The van der Waals surface area contributed by atoms with Crippen LogP contribution in [-0.2, 0) is 14.3 Å². The van der Waals surface area contributed by atoms with Crippen LogP contribution in [0.1, 0.15) is 32.8 Å². The van der Waals surface area contributed by atoms with Crippen molar-refractivity contribution < 1.29 is 19.1 Å². The summed E-state index contributed by atoms with van der Waals surface area (Å²) in [6.45, 7) is 5.29. The van der Waals surface area contributed by atoms with Crippen molar-refractivity contribution in [2.24, 2.45) is 0 Å². The van der Waals surface area contributed by atoms with Crippen molar-refractivity contribution in [2.45, 2.75) is 38.8 Å². The van der Waals surface area contributed by atoms with E-state index in [9.17, 15) is 9.59 Å². The molecular weight excluding hydrogens is 270 g/mol. The maximum Gasteiger partial charge on any atom is 0.408 e. The SMILES string of the molecule is CC(C)(C)OC(=O)NC1C/C(=C/c2ccccc2)OC1=O. The van der Waals surface area contributed by atoms with Gasteiger partial charge in [0, 0.05) is 6.42 Å². The Kier molecular flexibility index (Phi) is 4.31. The highest BCUT2D eigenvalue weighted by Gasteiger charge is 2.33. The first-order chi connectivity index (χ1) is 9.83. The first kappa shape index (κ1) is 15.1. The summed E-state index contributed by atoms with van der Waals surface area (Å²) in [6.07, 6.45) is 1.49. The van der Waals surface area contributed by atoms with Crippen molar-refractivity contribution in [3.05, 3.63) is 41.7 Å². The number of ether oxygens (including phenoxy) is 2. The number of carbonyl (C=O) groups is 2. The number of cyclic esters (lactones) is 1. The lowest BCUT2D eigenvalue weighted by atomic mass is 10.1. The molecule has 0 aromatic heterocycles. The monoisotopic (exact) mass is 289 g/mol. The molecule has 0 saturated carbocycles. The van der Waals surface area contributed by atoms with Crippen LogP contribution in [-0.4, -0.2) is 23.7 Å². The molecule has 0 spiro atoms. The van der Waals surface area contributed by atoms with E-state index in [-0.39, 0.29) is 0 Å². The maximum absolute atomic E-state index is 11.7. The zero-order valence-corrected chi connectivity index (χ0v) is 12.4. The fourth-order valence-electron chi connectivity index (χ4n) is 1.91. The molecule has 1 heterocycles. The topological polar surface area (TPSA) is 64.6 Å². The minimum Gasteiger partial charge on any atom is -0.444 e. The largest absolute Gasteiger partial charge is 0.444 e. The third kappa shape index (κ3) is 4.63. The number of carbonyl (C=O) groups excluding carboxylic acids is 2. The van der Waals surface area contributed by atoms with Gasteiger partial charge in [-0.1, -0.05) is 30.3 Å². The number of alkyl carbamates (subject to hydrolysis) is 1. The minimum atomic E-state index is -0.699. The lowest BCUT2D eigenvalue weighted by Crippen LogP contribution is -2.41. The zero-order valence-electron chi connectivity index (χ0n) is 12.4. The van der Waals surface area contributed by atoms with Gasteiger partial charge in [0.05, 0.1) is 0 Å². The normalized spacial score (nSPS) is 20.2. The molecule has 1 amide bonds. The first-order valence-electron chi connectivity index (χ1n) is 6.80. The van der Waals surface area contributed by atoms with Crippen LogP contribution in [0, 0.1) is 0 Å². The number of rotatable bonds is 2. The van der Waals surface area contributed by atoms with Gasteiger partial charge in [-0.15, -0.1) is 0 Å². The third-order valence-electron chi connectivity index (χ3n) is 2.74. The molecule has 0 radical (unpaired) electrons. The fraction of sp³-hybridized carbons (Fsp3) is 0.375. The molecule has 2 rings (SSSR count). The number of benzene rings is 1. The lowest BCUT2D eigenvalue weighted by molar-refractivity contribution is -0.137. The zero-order chi connectivity index (χ0) is 15.5. The van der Waals surface area contributed by atoms with E-state index in [2.05, 4.69) is 5.32 Å². The lowest BCUT2D eigenvalue weighted by Gasteiger charge is -2.20. The van der Waals surface area contributed by atoms with Gasteiger partial charge in [0.25, 0.3) is 0 Å². The van der Waals surface area contributed by atoms with Gasteiger partial charge in [-0.05, 0) is 32.4 Å². The van der Waals surface area contributed by atoms with Crippen molar-refractivity contribution >= 4 is 18.1 Å². The average Bonchev–Trinajstić information content (AvgIpc) is 2.68. The van der Waals surface area contributed by atoms with Gasteiger partial charge in [0.2, 0.25) is 0 Å². The summed E-state index contributed by atoms with van der Waals surface area (Å²) in [4.78, 5) is 23.4. The number of hydrogen-bond donors (Lipinski definition) is 1. The smallest absolute Gasteiger partial charge is 0.408 e. The molecule has 1 aliphatic heterocycles. The molecule has 1 N–H and O–H groups in total. The van der Waals surface area contributed by atoms with Gasteiger partial charge in [-0.25, -0.2) is 9.59 Å². The Balaban J connectivity index is 1.97. The van der Waals surface area contributed by atoms with Crippen molar-refractivity contribution in [1.82, 2.24) is 5.32 Å². The summed E-state index contributed by atoms with van der Waals surface area (Å²) in [7, 11) is 0. The molecular formula is C16H19NO4. The van der Waals surface area contributed by atoms with Gasteiger partial charge in [0.1, 0.15) is 17.4 Å². The highest BCUT2D eigenvalue weighted by atomic mass is 16.6. The van der Waals surface area contributed by atoms with Crippen LogP contribution in [0.25, 0.3) is 6.08 Å². The Morgan fingerprint density at radius 1 is 1.33 bits per heavy atom. The second-order valence-corrected chi connectivity index (χ2v) is 5.85. The molecule has 0 aliphatic carbocycles. The van der Waals surface area contributed by atoms with Gasteiger partial charge in [-0.3, -0.25) is 0 Å². The molecule has 1 aromatic rings. The van der Waals surface area contributed by atoms with Crippen molar-refractivity contribution in [3.63, 3.8) is 0 Å². The van der Waals surface area contributed by atoms with Crippen molar-refractivity contribution in [3.8, 4) is 0 Å². The van der Waals surface area contributed by atoms with Crippen LogP contribution < -0.4 is 5.32 Å². The molecule has 1 aliphatic rings. The predicted molar refractivity (Wildman–Crippen MR) is 78.3 cm³/mol. The number of esters is 1. The minimum absolute atomic E-state index is 0.326. The molecule has 0 bridgehead atoms. The molecule has 112 valence electrons. The summed E-state index contributed by atoms with van der Waals surface area (Å²) in [5.74, 6) is 0.0651. The molecule has 1 fully saturated rings. The van der Waals surface area contributed by atoms with Crippen LogP contribution in [0.2, 0.25) is 0 Å². The first-order valence-corrected chi connectivity index (χ1v) is 6.80. The third-order valence-corrected chi connectivity index (χ3v) is 2.74. The van der Waals surface area contributed by atoms with Crippen LogP contribution >= 0.6 is 0 Å². The predicted octanol–water partition coefficient (Wildman–Crippen LogP) is 2.87. The molecule has 1 aromatic carbocycles. The van der Waals surface area contributed by atoms with Crippen LogP contribution in [0.15, 0.2) is 36.1 Å². The Labute approximate surface area is 123 Å². The molecule has 5 nitrogen and oxygen atoms in total. The number of hydrogen-bond acceptors (Lipinski definition) is 4. The Hall–Kier alpha value is -2.30.